The summed E-state index contributed by atoms with van der Waals surface area (Å²) in [5.74, 6) is -1.03. The molecule has 0 radical (unpaired) electrons. The molecule has 1 fully saturated rings. The van der Waals surface area contributed by atoms with Gasteiger partial charge in [0.25, 0.3) is 0 Å². The summed E-state index contributed by atoms with van der Waals surface area (Å²) in [5, 5.41) is 11.8. The Morgan fingerprint density at radius 2 is 1.79 bits per heavy atom. The first-order valence-corrected chi connectivity index (χ1v) is 7.00. The highest BCUT2D eigenvalue weighted by atomic mass is 16.4. The lowest BCUT2D eigenvalue weighted by molar-refractivity contribution is -0.140. The third kappa shape index (κ3) is 4.38. The molecule has 6 heteroatoms. The van der Waals surface area contributed by atoms with Crippen LogP contribution in [0.3, 0.4) is 0 Å². The van der Waals surface area contributed by atoms with Gasteiger partial charge < -0.3 is 20.2 Å². The van der Waals surface area contributed by atoms with Crippen molar-refractivity contribution in [1.82, 2.24) is 15.1 Å². The number of nitrogens with zero attached hydrogens (tertiary/aromatic N) is 2. The number of carboxylic acids is 1. The minimum absolute atomic E-state index is 0.0709. The molecule has 0 aromatic carbocycles. The Bertz CT molecular complexity index is 314. The van der Waals surface area contributed by atoms with E-state index < -0.39 is 12.0 Å². The van der Waals surface area contributed by atoms with Crippen molar-refractivity contribution in [2.24, 2.45) is 5.92 Å². The maximum atomic E-state index is 12.1. The molecular weight excluding hydrogens is 246 g/mol. The zero-order valence-corrected chi connectivity index (χ0v) is 12.1. The fourth-order valence-corrected chi connectivity index (χ4v) is 2.17. The third-order valence-corrected chi connectivity index (χ3v) is 3.86. The smallest absolute Gasteiger partial charge is 0.326 e. The molecule has 2 atom stereocenters. The van der Waals surface area contributed by atoms with Gasteiger partial charge in [-0.05, 0) is 12.5 Å². The summed E-state index contributed by atoms with van der Waals surface area (Å²) in [5.41, 5.74) is 0. The standard InChI is InChI=1S/C13H25N3O3/c1-4-10(3)11(12(17)18)14-13(19)16-8-6-15(5-2)7-9-16/h10-11H,4-9H2,1-3H3,(H,14,19)(H,17,18)/t10?,11-/m0/s1. The minimum Gasteiger partial charge on any atom is -0.480 e. The molecule has 0 spiro atoms. The number of carbonyl (C=O) groups is 2. The highest BCUT2D eigenvalue weighted by Gasteiger charge is 2.28. The molecule has 1 aliphatic rings. The van der Waals surface area contributed by atoms with E-state index in [1.54, 1.807) is 4.90 Å². The molecule has 1 rings (SSSR count). The molecule has 2 N–H and O–H groups in total. The summed E-state index contributed by atoms with van der Waals surface area (Å²) in [7, 11) is 0. The van der Waals surface area contributed by atoms with E-state index in [1.807, 2.05) is 13.8 Å². The van der Waals surface area contributed by atoms with Crippen LogP contribution < -0.4 is 5.32 Å². The van der Waals surface area contributed by atoms with E-state index in [9.17, 15) is 9.59 Å². The molecule has 1 aliphatic heterocycles. The van der Waals surface area contributed by atoms with Crippen LogP contribution in [-0.4, -0.2) is 65.7 Å². The highest BCUT2D eigenvalue weighted by molar-refractivity contribution is 5.82. The Labute approximate surface area is 114 Å². The zero-order valence-electron chi connectivity index (χ0n) is 12.1. The van der Waals surface area contributed by atoms with E-state index in [0.29, 0.717) is 13.1 Å². The van der Waals surface area contributed by atoms with Crippen LogP contribution in [0.25, 0.3) is 0 Å². The average molecular weight is 271 g/mol. The van der Waals surface area contributed by atoms with Gasteiger partial charge in [-0.1, -0.05) is 27.2 Å². The maximum Gasteiger partial charge on any atom is 0.326 e. The summed E-state index contributed by atoms with van der Waals surface area (Å²) in [6.07, 6.45) is 0.723. The fourth-order valence-electron chi connectivity index (χ4n) is 2.17. The molecule has 1 saturated heterocycles. The monoisotopic (exact) mass is 271 g/mol. The molecule has 1 unspecified atom stereocenters. The van der Waals surface area contributed by atoms with Crippen LogP contribution in [0.1, 0.15) is 27.2 Å². The largest absolute Gasteiger partial charge is 0.480 e. The Kier molecular flexibility index (Phi) is 6.08. The first-order valence-electron chi connectivity index (χ1n) is 7.00. The number of nitrogens with one attached hydrogen (secondary N) is 1. The van der Waals surface area contributed by atoms with Crippen molar-refractivity contribution in [2.75, 3.05) is 32.7 Å². The fraction of sp³-hybridized carbons (Fsp3) is 0.846. The number of carboxylic acid groups (broad SMARTS) is 1. The molecule has 2 amide bonds. The molecule has 0 saturated carbocycles. The Balaban J connectivity index is 2.51. The summed E-state index contributed by atoms with van der Waals surface area (Å²) in [4.78, 5) is 27.2. The van der Waals surface area contributed by atoms with Gasteiger partial charge in [-0.15, -0.1) is 0 Å². The molecule has 110 valence electrons. The Morgan fingerprint density at radius 1 is 1.21 bits per heavy atom. The van der Waals surface area contributed by atoms with E-state index in [4.69, 9.17) is 5.11 Å². The first kappa shape index (κ1) is 15.8. The lowest BCUT2D eigenvalue weighted by Crippen LogP contribution is -2.55. The summed E-state index contributed by atoms with van der Waals surface area (Å²) < 4.78 is 0. The summed E-state index contributed by atoms with van der Waals surface area (Å²) in [6, 6.07) is -1.06. The SMILES string of the molecule is CCC(C)[C@H](NC(=O)N1CCN(CC)CC1)C(=O)O. The van der Waals surface area contributed by atoms with Gasteiger partial charge in [0, 0.05) is 26.2 Å². The van der Waals surface area contributed by atoms with Crippen LogP contribution in [0.2, 0.25) is 0 Å². The van der Waals surface area contributed by atoms with Gasteiger partial charge in [-0.2, -0.15) is 0 Å². The first-order chi connectivity index (χ1) is 8.99. The molecular formula is C13H25N3O3. The zero-order chi connectivity index (χ0) is 14.4. The molecule has 6 nitrogen and oxygen atoms in total. The number of likely N-dealkylation sites (N-methyl/N-ethyl adjacent to an activating group) is 1. The van der Waals surface area contributed by atoms with Crippen LogP contribution in [0.4, 0.5) is 4.79 Å². The van der Waals surface area contributed by atoms with Crippen molar-refractivity contribution in [3.05, 3.63) is 0 Å². The van der Waals surface area contributed by atoms with Gasteiger partial charge in [0.1, 0.15) is 6.04 Å². The Morgan fingerprint density at radius 3 is 2.21 bits per heavy atom. The summed E-state index contributed by atoms with van der Waals surface area (Å²) >= 11 is 0. The van der Waals surface area contributed by atoms with Crippen molar-refractivity contribution < 1.29 is 14.7 Å². The topological polar surface area (TPSA) is 72.9 Å². The van der Waals surface area contributed by atoms with Gasteiger partial charge in [0.2, 0.25) is 0 Å². The molecule has 0 aliphatic carbocycles. The van der Waals surface area contributed by atoms with Gasteiger partial charge in [0.05, 0.1) is 0 Å². The number of urea groups is 1. The van der Waals surface area contributed by atoms with Crippen LogP contribution >= 0.6 is 0 Å². The molecule has 0 aromatic heterocycles. The van der Waals surface area contributed by atoms with E-state index in [-0.39, 0.29) is 11.9 Å². The van der Waals surface area contributed by atoms with Gasteiger partial charge in [-0.3, -0.25) is 0 Å². The van der Waals surface area contributed by atoms with Crippen molar-refractivity contribution in [3.63, 3.8) is 0 Å². The normalized spacial score (nSPS) is 19.8. The van der Waals surface area contributed by atoms with Crippen molar-refractivity contribution in [2.45, 2.75) is 33.2 Å². The highest BCUT2D eigenvalue weighted by Crippen LogP contribution is 2.09. The molecule has 0 aromatic rings. The van der Waals surface area contributed by atoms with E-state index >= 15 is 0 Å². The van der Waals surface area contributed by atoms with Crippen LogP contribution in [0, 0.1) is 5.92 Å². The van der Waals surface area contributed by atoms with Gasteiger partial charge in [0.15, 0.2) is 0 Å². The lowest BCUT2D eigenvalue weighted by Gasteiger charge is -2.35. The Hall–Kier alpha value is -1.30. The van der Waals surface area contributed by atoms with Gasteiger partial charge >= 0.3 is 12.0 Å². The van der Waals surface area contributed by atoms with E-state index in [1.165, 1.54) is 0 Å². The third-order valence-electron chi connectivity index (χ3n) is 3.86. The second-order valence-corrected chi connectivity index (χ2v) is 5.07. The number of carbonyl (C=O) groups excluding carboxylic acids is 1. The van der Waals surface area contributed by atoms with E-state index in [2.05, 4.69) is 17.1 Å². The van der Waals surface area contributed by atoms with Crippen molar-refractivity contribution >= 4 is 12.0 Å². The minimum atomic E-state index is -0.963. The average Bonchev–Trinajstić information content (AvgIpc) is 2.43. The maximum absolute atomic E-state index is 12.1. The quantitative estimate of drug-likeness (QED) is 0.777. The molecule has 0 bridgehead atoms. The number of amides is 2. The predicted molar refractivity (Wildman–Crippen MR) is 73.1 cm³/mol. The predicted octanol–water partition coefficient (Wildman–Crippen LogP) is 0.833. The van der Waals surface area contributed by atoms with Crippen LogP contribution in [-0.2, 0) is 4.79 Å². The van der Waals surface area contributed by atoms with E-state index in [0.717, 1.165) is 26.1 Å². The molecule has 1 heterocycles. The number of hydrogen-bond donors (Lipinski definition) is 2. The van der Waals surface area contributed by atoms with Crippen LogP contribution in [0.15, 0.2) is 0 Å². The molecule has 19 heavy (non-hydrogen) atoms. The number of piperazine rings is 1. The van der Waals surface area contributed by atoms with Crippen LogP contribution in [0.5, 0.6) is 0 Å². The second kappa shape index (κ2) is 7.33. The number of aliphatic carboxylic acids is 1. The number of hydrogen-bond acceptors (Lipinski definition) is 3. The second-order valence-electron chi connectivity index (χ2n) is 5.07. The summed E-state index contributed by atoms with van der Waals surface area (Å²) in [6.45, 7) is 9.87. The van der Waals surface area contributed by atoms with Gasteiger partial charge in [-0.25, -0.2) is 9.59 Å². The van der Waals surface area contributed by atoms with Crippen molar-refractivity contribution in [3.8, 4) is 0 Å². The number of rotatable bonds is 5. The lowest BCUT2D eigenvalue weighted by atomic mass is 9.99. The van der Waals surface area contributed by atoms with Crippen molar-refractivity contribution in [1.29, 1.82) is 0 Å².